The van der Waals surface area contributed by atoms with Crippen molar-refractivity contribution < 1.29 is 9.59 Å². The van der Waals surface area contributed by atoms with Crippen LogP contribution in [0.15, 0.2) is 30.3 Å². The van der Waals surface area contributed by atoms with Gasteiger partial charge in [0.15, 0.2) is 0 Å². The molecule has 0 heterocycles. The Hall–Kier alpha value is -1.22. The second-order valence-electron chi connectivity index (χ2n) is 5.77. The lowest BCUT2D eigenvalue weighted by Gasteiger charge is -2.36. The molecule has 1 aliphatic carbocycles. The van der Waals surface area contributed by atoms with Crippen LogP contribution >= 0.6 is 0 Å². The van der Waals surface area contributed by atoms with E-state index < -0.39 is 8.07 Å². The van der Waals surface area contributed by atoms with Crippen molar-refractivity contribution in [2.75, 3.05) is 0 Å². The summed E-state index contributed by atoms with van der Waals surface area (Å²) < 4.78 is 0. The second-order valence-corrected chi connectivity index (χ2v) is 10.6. The van der Waals surface area contributed by atoms with Crippen molar-refractivity contribution in [2.45, 2.75) is 37.9 Å². The Balaban J connectivity index is 2.17. The molecular formula is C15H20O2Si. The van der Waals surface area contributed by atoms with Crippen molar-refractivity contribution in [1.82, 2.24) is 0 Å². The highest BCUT2D eigenvalue weighted by atomic mass is 28.3. The summed E-state index contributed by atoms with van der Waals surface area (Å²) in [4.78, 5) is 22.7. The molecule has 3 heteroatoms. The lowest BCUT2D eigenvalue weighted by molar-refractivity contribution is -0.129. The molecule has 1 saturated carbocycles. The molecule has 0 amide bonds. The van der Waals surface area contributed by atoms with E-state index in [0.717, 1.165) is 19.1 Å². The van der Waals surface area contributed by atoms with Crippen molar-refractivity contribution in [2.24, 2.45) is 5.92 Å². The SMILES string of the molecule is C[Si](C)(c1ccccc1)[C@@H]1CCC(C=O)C(=O)C1. The van der Waals surface area contributed by atoms with Crippen LogP contribution < -0.4 is 5.19 Å². The van der Waals surface area contributed by atoms with E-state index in [1.54, 1.807) is 0 Å². The summed E-state index contributed by atoms with van der Waals surface area (Å²) in [5, 5.41) is 1.41. The first-order chi connectivity index (χ1) is 8.55. The van der Waals surface area contributed by atoms with Crippen LogP contribution in [0.25, 0.3) is 0 Å². The third-order valence-electron chi connectivity index (χ3n) is 4.39. The molecule has 1 aromatic carbocycles. The number of rotatable bonds is 3. The highest BCUT2D eigenvalue weighted by molar-refractivity contribution is 6.91. The van der Waals surface area contributed by atoms with Gasteiger partial charge in [0.1, 0.15) is 12.1 Å². The minimum absolute atomic E-state index is 0.151. The summed E-state index contributed by atoms with van der Waals surface area (Å²) in [7, 11) is -1.60. The molecule has 1 aromatic rings. The lowest BCUT2D eigenvalue weighted by Crippen LogP contribution is -2.48. The van der Waals surface area contributed by atoms with Gasteiger partial charge in [0.25, 0.3) is 0 Å². The summed E-state index contributed by atoms with van der Waals surface area (Å²) in [6.45, 7) is 4.67. The summed E-state index contributed by atoms with van der Waals surface area (Å²) in [6, 6.07) is 10.5. The maximum Gasteiger partial charge on any atom is 0.143 e. The molecule has 1 fully saturated rings. The van der Waals surface area contributed by atoms with Crippen LogP contribution in [-0.2, 0) is 9.59 Å². The van der Waals surface area contributed by atoms with Gasteiger partial charge in [-0.1, -0.05) is 55.0 Å². The van der Waals surface area contributed by atoms with E-state index in [2.05, 4.69) is 37.4 Å². The monoisotopic (exact) mass is 260 g/mol. The Kier molecular flexibility index (Phi) is 3.81. The Morgan fingerprint density at radius 2 is 1.83 bits per heavy atom. The molecule has 1 aliphatic rings. The Labute approximate surface area is 109 Å². The van der Waals surface area contributed by atoms with Gasteiger partial charge < -0.3 is 4.79 Å². The van der Waals surface area contributed by atoms with Crippen LogP contribution in [0.4, 0.5) is 0 Å². The van der Waals surface area contributed by atoms with Gasteiger partial charge in [-0.2, -0.15) is 0 Å². The number of benzene rings is 1. The quantitative estimate of drug-likeness (QED) is 0.475. The maximum atomic E-state index is 11.9. The average Bonchev–Trinajstić information content (AvgIpc) is 2.39. The smallest absolute Gasteiger partial charge is 0.143 e. The summed E-state index contributed by atoms with van der Waals surface area (Å²) in [6.07, 6.45) is 3.19. The summed E-state index contributed by atoms with van der Waals surface area (Å²) in [5.41, 5.74) is 0.476. The molecule has 0 aromatic heterocycles. The molecular weight excluding hydrogens is 240 g/mol. The topological polar surface area (TPSA) is 34.1 Å². The van der Waals surface area contributed by atoms with Gasteiger partial charge >= 0.3 is 0 Å². The van der Waals surface area contributed by atoms with Gasteiger partial charge in [-0.25, -0.2) is 0 Å². The third kappa shape index (κ3) is 2.46. The molecule has 0 aliphatic heterocycles. The highest BCUT2D eigenvalue weighted by Crippen LogP contribution is 2.36. The second kappa shape index (κ2) is 5.18. The molecule has 0 N–H and O–H groups in total. The van der Waals surface area contributed by atoms with E-state index in [1.807, 2.05) is 6.07 Å². The Bertz CT molecular complexity index is 439. The molecule has 18 heavy (non-hydrogen) atoms. The predicted octanol–water partition coefficient (Wildman–Crippen LogP) is 2.54. The first kappa shape index (κ1) is 13.2. The number of carbonyl (C=O) groups is 2. The van der Waals surface area contributed by atoms with Gasteiger partial charge in [0.2, 0.25) is 0 Å². The van der Waals surface area contributed by atoms with E-state index in [1.165, 1.54) is 5.19 Å². The van der Waals surface area contributed by atoms with Crippen LogP contribution in [0.1, 0.15) is 19.3 Å². The predicted molar refractivity (Wildman–Crippen MR) is 75.7 cm³/mol. The van der Waals surface area contributed by atoms with Gasteiger partial charge in [-0.15, -0.1) is 0 Å². The summed E-state index contributed by atoms with van der Waals surface area (Å²) >= 11 is 0. The highest BCUT2D eigenvalue weighted by Gasteiger charge is 2.39. The minimum atomic E-state index is -1.60. The molecule has 0 saturated heterocycles. The summed E-state index contributed by atoms with van der Waals surface area (Å²) in [5.74, 6) is -0.181. The standard InChI is InChI=1S/C15H20O2Si/c1-18(2,13-6-4-3-5-7-13)14-9-8-12(11-16)15(17)10-14/h3-7,11-12,14H,8-10H2,1-2H3/t12?,14-/m1/s1. The van der Waals surface area contributed by atoms with E-state index in [9.17, 15) is 9.59 Å². The normalized spacial score (nSPS) is 24.9. The average molecular weight is 260 g/mol. The van der Waals surface area contributed by atoms with Gasteiger partial charge in [-0.05, 0) is 12.0 Å². The molecule has 0 radical (unpaired) electrons. The first-order valence-corrected chi connectivity index (χ1v) is 9.67. The minimum Gasteiger partial charge on any atom is -0.303 e. The number of ketones is 1. The largest absolute Gasteiger partial charge is 0.303 e. The Morgan fingerprint density at radius 3 is 2.39 bits per heavy atom. The Morgan fingerprint density at radius 1 is 1.17 bits per heavy atom. The molecule has 0 spiro atoms. The van der Waals surface area contributed by atoms with E-state index in [-0.39, 0.29) is 11.7 Å². The van der Waals surface area contributed by atoms with Crippen molar-refractivity contribution in [1.29, 1.82) is 0 Å². The molecule has 2 nitrogen and oxygen atoms in total. The number of hydrogen-bond acceptors (Lipinski definition) is 2. The molecule has 2 atom stereocenters. The van der Waals surface area contributed by atoms with Crippen molar-refractivity contribution in [3.63, 3.8) is 0 Å². The van der Waals surface area contributed by atoms with Crippen molar-refractivity contribution in [3.05, 3.63) is 30.3 Å². The lowest BCUT2D eigenvalue weighted by atomic mass is 9.89. The zero-order chi connectivity index (χ0) is 13.2. The molecule has 2 rings (SSSR count). The van der Waals surface area contributed by atoms with Crippen LogP contribution in [0.5, 0.6) is 0 Å². The van der Waals surface area contributed by atoms with E-state index in [0.29, 0.717) is 12.0 Å². The fourth-order valence-electron chi connectivity index (χ4n) is 2.90. The van der Waals surface area contributed by atoms with Gasteiger partial charge in [-0.3, -0.25) is 4.79 Å². The maximum absolute atomic E-state index is 11.9. The van der Waals surface area contributed by atoms with Gasteiger partial charge in [0, 0.05) is 6.42 Å². The van der Waals surface area contributed by atoms with Crippen LogP contribution in [0.3, 0.4) is 0 Å². The number of Topliss-reactive ketones (excluding diaryl/α,β-unsaturated/α-hetero) is 1. The fourth-order valence-corrected chi connectivity index (χ4v) is 6.02. The number of carbonyl (C=O) groups excluding carboxylic acids is 2. The van der Waals surface area contributed by atoms with Crippen molar-refractivity contribution >= 4 is 25.3 Å². The van der Waals surface area contributed by atoms with E-state index >= 15 is 0 Å². The zero-order valence-electron chi connectivity index (χ0n) is 11.1. The van der Waals surface area contributed by atoms with Crippen molar-refractivity contribution in [3.8, 4) is 0 Å². The van der Waals surface area contributed by atoms with Gasteiger partial charge in [0.05, 0.1) is 14.0 Å². The fraction of sp³-hybridized carbons (Fsp3) is 0.467. The molecule has 1 unspecified atom stereocenters. The number of hydrogen-bond donors (Lipinski definition) is 0. The number of aldehydes is 1. The first-order valence-electron chi connectivity index (χ1n) is 6.59. The molecule has 96 valence electrons. The third-order valence-corrected chi connectivity index (χ3v) is 8.75. The van der Waals surface area contributed by atoms with E-state index in [4.69, 9.17) is 0 Å². The van der Waals surface area contributed by atoms with Crippen LogP contribution in [0, 0.1) is 5.92 Å². The van der Waals surface area contributed by atoms with Crippen LogP contribution in [0.2, 0.25) is 18.6 Å². The van der Waals surface area contributed by atoms with Crippen LogP contribution in [-0.4, -0.2) is 20.1 Å². The zero-order valence-corrected chi connectivity index (χ0v) is 12.1. The molecule has 0 bridgehead atoms.